The van der Waals surface area contributed by atoms with Crippen LogP contribution in [0.2, 0.25) is 0 Å². The fraction of sp³-hybridized carbons (Fsp3) is 0.104. The van der Waals surface area contributed by atoms with Crippen molar-refractivity contribution in [1.29, 1.82) is 0 Å². The van der Waals surface area contributed by atoms with E-state index < -0.39 is 0 Å². The molecule has 0 amide bonds. The van der Waals surface area contributed by atoms with E-state index >= 15 is 0 Å². The lowest BCUT2D eigenvalue weighted by Crippen LogP contribution is -2.45. The molecule has 0 N–H and O–H groups in total. The second-order valence-corrected chi connectivity index (χ2v) is 38.7. The number of nitrogens with zero attached hydrogens (tertiary/aromatic N) is 5. The number of para-hydroxylation sites is 6. The van der Waals surface area contributed by atoms with Crippen LogP contribution in [0, 0.1) is 0 Å². The molecule has 27 rings (SSSR count). The third-order valence-corrected chi connectivity index (χ3v) is 30.7. The first-order valence-corrected chi connectivity index (χ1v) is 48.8. The molecule has 140 heavy (non-hydrogen) atoms. The van der Waals surface area contributed by atoms with E-state index in [1.165, 1.54) is 179 Å². The summed E-state index contributed by atoms with van der Waals surface area (Å²) in [4.78, 5) is 11.5. The van der Waals surface area contributed by atoms with Gasteiger partial charge in [0, 0.05) is 91.6 Å². The molecule has 20 aromatic rings. The van der Waals surface area contributed by atoms with Crippen molar-refractivity contribution in [2.75, 3.05) is 59.7 Å². The average molecular weight is 1810 g/mol. The molecule has 0 unspecified atom stereocenters. The fourth-order valence-electron chi connectivity index (χ4n) is 24.1. The van der Waals surface area contributed by atoms with E-state index in [-0.39, 0.29) is 27.1 Å². The Morgan fingerprint density at radius 1 is 0.150 bits per heavy atom. The Balaban J connectivity index is 0.0000000977. The molecule has 20 aromatic carbocycles. The zero-order valence-electron chi connectivity index (χ0n) is 80.5. The average Bonchev–Trinajstić information content (AvgIpc) is 0.819. The standard InChI is InChI=1S/C29H25N.C28H25N.C26H19N.C26H21N.C25H19NO/c1-28(2)20-12-4-6-14-22(20)29(23-15-7-5-13-21(23)28)24-16-8-10-18-26(24)30(3)27-19-11-9-17-25(27)29;1-28(2)24-18-22(20-10-6-4-7-11-20)14-16-26(24)29(3)27-17-15-23(19-25(27)28)21-12-8-5-9-13-21;1-27-24-16-8-6-14-22(24)26(23-15-7-9-17-25(23)27)20-12-4-2-10-18(20)19-11-3-5-13-21(19)26;1-27-24-18-10-8-16-22(24)26(20-12-4-2-5-13-20,21-14-6-3-7-15-21)23-17-9-11-19-25(23)27;1-26-22-14-12-20(18-8-4-2-5-9-18)16-24(22)27-25-17-21(13-15-23(25)26)19-10-6-3-7-11-19/h4-19H,1-3H3;4-19H,1-3H3;2-17H,1H3;2-19H,1H3;2-17H,1H3. The lowest BCUT2D eigenvalue weighted by molar-refractivity contribution is 0.476. The number of hydrogen-bond donors (Lipinski definition) is 0. The van der Waals surface area contributed by atoms with Crippen LogP contribution in [0.15, 0.2) is 497 Å². The van der Waals surface area contributed by atoms with E-state index in [0.717, 1.165) is 34.0 Å². The topological polar surface area (TPSA) is 25.4 Å². The molecule has 2 spiro atoms. The second kappa shape index (κ2) is 35.4. The zero-order chi connectivity index (χ0) is 95.0. The van der Waals surface area contributed by atoms with Gasteiger partial charge in [0.2, 0.25) is 0 Å². The quantitative estimate of drug-likeness (QED) is 0.165. The molecular weight excluding hydrogens is 1700 g/mol. The van der Waals surface area contributed by atoms with Gasteiger partial charge in [-0.15, -0.1) is 0 Å². The van der Waals surface area contributed by atoms with Gasteiger partial charge in [0.15, 0.2) is 11.5 Å². The van der Waals surface area contributed by atoms with Crippen LogP contribution in [0.4, 0.5) is 56.9 Å². The van der Waals surface area contributed by atoms with Gasteiger partial charge >= 0.3 is 0 Å². The molecule has 2 aliphatic carbocycles. The highest BCUT2D eigenvalue weighted by atomic mass is 16.5. The molecule has 0 radical (unpaired) electrons. The molecular formula is C134H109N5O. The van der Waals surface area contributed by atoms with E-state index in [2.05, 4.69) is 573 Å². The Hall–Kier alpha value is -16.8. The van der Waals surface area contributed by atoms with Gasteiger partial charge in [0.25, 0.3) is 0 Å². The minimum atomic E-state index is -0.331. The van der Waals surface area contributed by atoms with E-state index in [9.17, 15) is 0 Å². The lowest BCUT2D eigenvalue weighted by atomic mass is 9.53. The highest BCUT2D eigenvalue weighted by Gasteiger charge is 2.55. The van der Waals surface area contributed by atoms with Crippen molar-refractivity contribution in [3.05, 3.63) is 586 Å². The monoisotopic (exact) mass is 1800 g/mol. The minimum absolute atomic E-state index is 0.0499. The van der Waals surface area contributed by atoms with Gasteiger partial charge in [-0.1, -0.05) is 440 Å². The largest absolute Gasteiger partial charge is 0.453 e. The maximum Gasteiger partial charge on any atom is 0.151 e. The van der Waals surface area contributed by atoms with Crippen LogP contribution < -0.4 is 29.2 Å². The van der Waals surface area contributed by atoms with Crippen LogP contribution >= 0.6 is 0 Å². The van der Waals surface area contributed by atoms with Gasteiger partial charge in [0.1, 0.15) is 0 Å². The maximum absolute atomic E-state index is 6.33. The summed E-state index contributed by atoms with van der Waals surface area (Å²) in [6, 6.07) is 180. The predicted molar refractivity (Wildman–Crippen MR) is 585 cm³/mol. The van der Waals surface area contributed by atoms with Crippen molar-refractivity contribution in [3.8, 4) is 67.1 Å². The van der Waals surface area contributed by atoms with Gasteiger partial charge in [-0.3, -0.25) is 0 Å². The van der Waals surface area contributed by atoms with Crippen LogP contribution in [0.3, 0.4) is 0 Å². The fourth-order valence-corrected chi connectivity index (χ4v) is 24.1. The van der Waals surface area contributed by atoms with Crippen molar-refractivity contribution in [2.24, 2.45) is 0 Å². The Bertz CT molecular complexity index is 7510. The molecule has 5 aliphatic heterocycles. The number of hydrogen-bond acceptors (Lipinski definition) is 6. The first kappa shape index (κ1) is 87.3. The maximum atomic E-state index is 6.33. The number of ether oxygens (including phenoxy) is 1. The zero-order valence-corrected chi connectivity index (χ0v) is 80.5. The number of fused-ring (bicyclic) bond motifs is 23. The van der Waals surface area contributed by atoms with Crippen LogP contribution in [0.25, 0.3) is 55.6 Å². The first-order valence-electron chi connectivity index (χ1n) is 48.8. The Morgan fingerprint density at radius 3 is 0.650 bits per heavy atom. The third kappa shape index (κ3) is 14.0. The van der Waals surface area contributed by atoms with Crippen LogP contribution in [0.1, 0.15) is 117 Å². The molecule has 7 aliphatic rings. The van der Waals surface area contributed by atoms with Crippen molar-refractivity contribution < 1.29 is 4.74 Å². The highest BCUT2D eigenvalue weighted by molar-refractivity contribution is 5.95. The molecule has 5 heterocycles. The van der Waals surface area contributed by atoms with Crippen molar-refractivity contribution in [3.63, 3.8) is 0 Å². The Morgan fingerprint density at radius 2 is 0.350 bits per heavy atom. The summed E-state index contributed by atoms with van der Waals surface area (Å²) in [5.74, 6) is 1.77. The molecule has 6 nitrogen and oxygen atoms in total. The molecule has 0 saturated carbocycles. The third-order valence-electron chi connectivity index (χ3n) is 30.7. The molecule has 676 valence electrons. The summed E-state index contributed by atoms with van der Waals surface area (Å²) in [6.07, 6.45) is 0. The van der Waals surface area contributed by atoms with E-state index in [4.69, 9.17) is 4.74 Å². The SMILES string of the molecule is CN1c2ccc(-c3ccccc3)cc2C(C)(C)c2cc(-c3ccccc3)ccc21.CN1c2ccc(-c3ccccc3)cc2Oc2cc(-c3ccccc3)ccc21.CN1c2ccccc2C(c2ccccc2)(c2ccccc2)c2ccccc21.CN1c2ccccc2C2(c3ccccc3-c3ccccc32)c2ccccc21.CN1c2ccccc2C2(c3ccccc31)c1ccccc1C(C)(C)c1ccccc12. The number of anilines is 10. The predicted octanol–water partition coefficient (Wildman–Crippen LogP) is 33.4. The van der Waals surface area contributed by atoms with Gasteiger partial charge < -0.3 is 29.2 Å². The van der Waals surface area contributed by atoms with Gasteiger partial charge in [-0.2, -0.15) is 0 Å². The van der Waals surface area contributed by atoms with E-state index in [0.29, 0.717) is 0 Å². The minimum Gasteiger partial charge on any atom is -0.453 e. The molecule has 0 saturated heterocycles. The van der Waals surface area contributed by atoms with Crippen LogP contribution in [0.5, 0.6) is 11.5 Å². The molecule has 0 fully saturated rings. The van der Waals surface area contributed by atoms with E-state index in [1.807, 2.05) is 12.1 Å². The Labute approximate surface area is 824 Å². The molecule has 0 atom stereocenters. The first-order chi connectivity index (χ1) is 68.6. The molecule has 6 heteroatoms. The summed E-state index contributed by atoms with van der Waals surface area (Å²) < 4.78 is 6.33. The van der Waals surface area contributed by atoms with Gasteiger partial charge in [0.05, 0.1) is 27.6 Å². The van der Waals surface area contributed by atoms with Crippen molar-refractivity contribution in [1.82, 2.24) is 0 Å². The lowest BCUT2D eigenvalue weighted by Gasteiger charge is -2.52. The van der Waals surface area contributed by atoms with Gasteiger partial charge in [-0.25, -0.2) is 0 Å². The summed E-state index contributed by atoms with van der Waals surface area (Å²) in [6.45, 7) is 9.43. The Kier molecular flexibility index (Phi) is 22.1. The van der Waals surface area contributed by atoms with E-state index in [1.54, 1.807) is 0 Å². The summed E-state index contributed by atoms with van der Waals surface area (Å²) in [7, 11) is 10.8. The second-order valence-electron chi connectivity index (χ2n) is 38.7. The number of rotatable bonds is 6. The molecule has 0 aromatic heterocycles. The molecule has 0 bridgehead atoms. The van der Waals surface area contributed by atoms with Crippen molar-refractivity contribution in [2.45, 2.75) is 54.8 Å². The van der Waals surface area contributed by atoms with Crippen LogP contribution in [-0.2, 0) is 27.1 Å². The normalized spacial score (nSPS) is 14.6. The smallest absolute Gasteiger partial charge is 0.151 e. The van der Waals surface area contributed by atoms with Gasteiger partial charge in [-0.05, 0) is 230 Å². The summed E-state index contributed by atoms with van der Waals surface area (Å²) in [5, 5.41) is 0. The highest BCUT2D eigenvalue weighted by Crippen LogP contribution is 2.65. The van der Waals surface area contributed by atoms with Crippen LogP contribution in [-0.4, -0.2) is 35.2 Å². The summed E-state index contributed by atoms with van der Waals surface area (Å²) in [5.41, 5.74) is 45.6. The van der Waals surface area contributed by atoms with Crippen molar-refractivity contribution >= 4 is 56.9 Å². The number of benzene rings is 20. The summed E-state index contributed by atoms with van der Waals surface area (Å²) >= 11 is 0.